The van der Waals surface area contributed by atoms with Gasteiger partial charge in [-0.3, -0.25) is 9.78 Å². The molecule has 2 aromatic rings. The standard InChI is InChI=1S/C14H16N4O2/c19-14(16-9-10-3-1-5-15-8-10)12-7-11(17-18-12)13-4-2-6-20-13/h1-6,8,11-12,17-18H,7,9H2,(H,16,19). The molecule has 0 radical (unpaired) electrons. The number of amides is 1. The van der Waals surface area contributed by atoms with Crippen LogP contribution in [0.3, 0.4) is 0 Å². The van der Waals surface area contributed by atoms with Gasteiger partial charge in [-0.25, -0.2) is 10.9 Å². The van der Waals surface area contributed by atoms with Gasteiger partial charge in [0.1, 0.15) is 11.8 Å². The summed E-state index contributed by atoms with van der Waals surface area (Å²) < 4.78 is 5.33. The van der Waals surface area contributed by atoms with Crippen LogP contribution < -0.4 is 16.2 Å². The molecule has 1 saturated heterocycles. The SMILES string of the molecule is O=C(NCc1cccnc1)C1CC(c2ccco2)NN1. The van der Waals surface area contributed by atoms with E-state index in [1.807, 2.05) is 24.3 Å². The summed E-state index contributed by atoms with van der Waals surface area (Å²) in [4.78, 5) is 16.1. The third kappa shape index (κ3) is 2.87. The average Bonchev–Trinajstić information content (AvgIpc) is 3.16. The molecule has 2 atom stereocenters. The smallest absolute Gasteiger partial charge is 0.238 e. The summed E-state index contributed by atoms with van der Waals surface area (Å²) in [7, 11) is 0. The van der Waals surface area contributed by atoms with E-state index < -0.39 is 0 Å². The highest BCUT2D eigenvalue weighted by molar-refractivity contribution is 5.82. The zero-order valence-electron chi connectivity index (χ0n) is 10.9. The van der Waals surface area contributed by atoms with Crippen molar-refractivity contribution in [1.29, 1.82) is 0 Å². The third-order valence-corrected chi connectivity index (χ3v) is 3.30. The Hall–Kier alpha value is -2.18. The lowest BCUT2D eigenvalue weighted by Crippen LogP contribution is -2.42. The lowest BCUT2D eigenvalue weighted by Gasteiger charge is -2.10. The Kier molecular flexibility index (Phi) is 3.76. The first kappa shape index (κ1) is 12.8. The molecule has 0 saturated carbocycles. The van der Waals surface area contributed by atoms with E-state index in [2.05, 4.69) is 21.2 Å². The Morgan fingerprint density at radius 3 is 3.10 bits per heavy atom. The van der Waals surface area contributed by atoms with Crippen LogP contribution in [-0.4, -0.2) is 16.9 Å². The quantitative estimate of drug-likeness (QED) is 0.770. The van der Waals surface area contributed by atoms with Crippen LogP contribution in [0, 0.1) is 0 Å². The first-order valence-corrected chi connectivity index (χ1v) is 6.54. The number of carbonyl (C=O) groups excluding carboxylic acids is 1. The number of aromatic nitrogens is 1. The molecule has 0 aliphatic carbocycles. The number of hydrogen-bond acceptors (Lipinski definition) is 5. The van der Waals surface area contributed by atoms with Gasteiger partial charge in [-0.15, -0.1) is 0 Å². The zero-order chi connectivity index (χ0) is 13.8. The number of pyridine rings is 1. The molecule has 2 aromatic heterocycles. The van der Waals surface area contributed by atoms with Crippen molar-refractivity contribution < 1.29 is 9.21 Å². The van der Waals surface area contributed by atoms with Gasteiger partial charge in [0.05, 0.1) is 12.3 Å². The van der Waals surface area contributed by atoms with Crippen LogP contribution in [0.25, 0.3) is 0 Å². The Bertz CT molecular complexity index is 556. The highest BCUT2D eigenvalue weighted by Crippen LogP contribution is 2.22. The van der Waals surface area contributed by atoms with E-state index in [1.54, 1.807) is 18.7 Å². The molecule has 6 nitrogen and oxygen atoms in total. The second-order valence-corrected chi connectivity index (χ2v) is 4.72. The molecule has 1 aliphatic rings. The molecule has 0 bridgehead atoms. The summed E-state index contributed by atoms with van der Waals surface area (Å²) in [5, 5.41) is 2.89. The summed E-state index contributed by atoms with van der Waals surface area (Å²) in [5.41, 5.74) is 7.05. The molecule has 1 fully saturated rings. The molecular weight excluding hydrogens is 256 g/mol. The maximum absolute atomic E-state index is 12.1. The van der Waals surface area contributed by atoms with Crippen LogP contribution in [0.1, 0.15) is 23.8 Å². The average molecular weight is 272 g/mol. The topological polar surface area (TPSA) is 79.2 Å². The number of furan rings is 1. The van der Waals surface area contributed by atoms with Gasteiger partial charge in [-0.2, -0.15) is 0 Å². The van der Waals surface area contributed by atoms with Crippen LogP contribution in [-0.2, 0) is 11.3 Å². The number of hydrazine groups is 1. The number of nitrogens with zero attached hydrogens (tertiary/aromatic N) is 1. The van der Waals surface area contributed by atoms with E-state index in [-0.39, 0.29) is 18.0 Å². The first-order chi connectivity index (χ1) is 9.83. The molecular formula is C14H16N4O2. The number of nitrogens with one attached hydrogen (secondary N) is 3. The Morgan fingerprint density at radius 2 is 2.35 bits per heavy atom. The molecule has 104 valence electrons. The van der Waals surface area contributed by atoms with Crippen LogP contribution in [0.15, 0.2) is 47.3 Å². The summed E-state index contributed by atoms with van der Waals surface area (Å²) in [6, 6.07) is 7.28. The molecule has 3 heterocycles. The monoisotopic (exact) mass is 272 g/mol. The highest BCUT2D eigenvalue weighted by Gasteiger charge is 2.31. The molecule has 0 spiro atoms. The van der Waals surface area contributed by atoms with Gasteiger partial charge in [0, 0.05) is 18.9 Å². The maximum atomic E-state index is 12.1. The van der Waals surface area contributed by atoms with Crippen molar-refractivity contribution in [3.05, 3.63) is 54.2 Å². The highest BCUT2D eigenvalue weighted by atomic mass is 16.3. The van der Waals surface area contributed by atoms with Crippen LogP contribution in [0.2, 0.25) is 0 Å². The Balaban J connectivity index is 1.51. The zero-order valence-corrected chi connectivity index (χ0v) is 10.9. The predicted molar refractivity (Wildman–Crippen MR) is 72.2 cm³/mol. The third-order valence-electron chi connectivity index (χ3n) is 3.30. The molecule has 3 rings (SSSR count). The number of hydrogen-bond donors (Lipinski definition) is 3. The van der Waals surface area contributed by atoms with E-state index in [4.69, 9.17) is 4.42 Å². The second-order valence-electron chi connectivity index (χ2n) is 4.72. The first-order valence-electron chi connectivity index (χ1n) is 6.54. The second kappa shape index (κ2) is 5.85. The lowest BCUT2D eigenvalue weighted by molar-refractivity contribution is -0.123. The minimum Gasteiger partial charge on any atom is -0.468 e. The van der Waals surface area contributed by atoms with Crippen molar-refractivity contribution in [1.82, 2.24) is 21.2 Å². The Morgan fingerprint density at radius 1 is 1.40 bits per heavy atom. The van der Waals surface area contributed by atoms with Crippen molar-refractivity contribution in [2.45, 2.75) is 25.0 Å². The van der Waals surface area contributed by atoms with Crippen molar-refractivity contribution in [2.75, 3.05) is 0 Å². The van der Waals surface area contributed by atoms with Crippen molar-refractivity contribution in [2.24, 2.45) is 0 Å². The van der Waals surface area contributed by atoms with Gasteiger partial charge in [-0.05, 0) is 30.2 Å². The van der Waals surface area contributed by atoms with Crippen molar-refractivity contribution in [3.63, 3.8) is 0 Å². The largest absolute Gasteiger partial charge is 0.468 e. The van der Waals surface area contributed by atoms with Crippen molar-refractivity contribution in [3.8, 4) is 0 Å². The molecule has 2 unspecified atom stereocenters. The lowest BCUT2D eigenvalue weighted by atomic mass is 10.1. The van der Waals surface area contributed by atoms with E-state index in [0.29, 0.717) is 13.0 Å². The summed E-state index contributed by atoms with van der Waals surface area (Å²) in [6.07, 6.45) is 5.74. The fraction of sp³-hybridized carbons (Fsp3) is 0.286. The molecule has 0 aromatic carbocycles. The summed E-state index contributed by atoms with van der Waals surface area (Å²) in [5.74, 6) is 0.801. The molecule has 20 heavy (non-hydrogen) atoms. The maximum Gasteiger partial charge on any atom is 0.238 e. The van der Waals surface area contributed by atoms with Gasteiger partial charge < -0.3 is 9.73 Å². The van der Waals surface area contributed by atoms with Crippen molar-refractivity contribution >= 4 is 5.91 Å². The minimum atomic E-state index is -0.262. The molecule has 1 aliphatic heterocycles. The van der Waals surface area contributed by atoms with Crippen LogP contribution in [0.4, 0.5) is 0 Å². The van der Waals surface area contributed by atoms with E-state index >= 15 is 0 Å². The van der Waals surface area contributed by atoms with E-state index in [1.165, 1.54) is 0 Å². The van der Waals surface area contributed by atoms with Gasteiger partial charge in [0.25, 0.3) is 0 Å². The fourth-order valence-electron chi connectivity index (χ4n) is 2.22. The van der Waals surface area contributed by atoms with Gasteiger partial charge in [-0.1, -0.05) is 6.07 Å². The summed E-state index contributed by atoms with van der Waals surface area (Å²) >= 11 is 0. The molecule has 6 heteroatoms. The number of rotatable bonds is 4. The van der Waals surface area contributed by atoms with E-state index in [9.17, 15) is 4.79 Å². The predicted octanol–water partition coefficient (Wildman–Crippen LogP) is 0.899. The van der Waals surface area contributed by atoms with E-state index in [0.717, 1.165) is 11.3 Å². The van der Waals surface area contributed by atoms with Crippen LogP contribution >= 0.6 is 0 Å². The van der Waals surface area contributed by atoms with Gasteiger partial charge in [0.2, 0.25) is 5.91 Å². The van der Waals surface area contributed by atoms with Crippen LogP contribution in [0.5, 0.6) is 0 Å². The normalized spacial score (nSPS) is 21.8. The fourth-order valence-corrected chi connectivity index (χ4v) is 2.22. The molecule has 3 N–H and O–H groups in total. The van der Waals surface area contributed by atoms with Gasteiger partial charge >= 0.3 is 0 Å². The number of carbonyl (C=O) groups is 1. The Labute approximate surface area is 116 Å². The summed E-state index contributed by atoms with van der Waals surface area (Å²) in [6.45, 7) is 0.482. The van der Waals surface area contributed by atoms with Gasteiger partial charge in [0.15, 0.2) is 0 Å². The minimum absolute atomic E-state index is 0.0270. The molecule has 1 amide bonds.